The smallest absolute Gasteiger partial charge is 0.416 e. The Morgan fingerprint density at radius 2 is 1.50 bits per heavy atom. The van der Waals surface area contributed by atoms with Gasteiger partial charge in [-0.2, -0.15) is 17.9 Å². The van der Waals surface area contributed by atoms with Crippen LogP contribution in [0.4, 0.5) is 18.9 Å². The Bertz CT molecular complexity index is 1200. The molecule has 30 heavy (non-hydrogen) atoms. The number of benzene rings is 2. The van der Waals surface area contributed by atoms with Gasteiger partial charge in [0.05, 0.1) is 10.5 Å². The fourth-order valence-corrected chi connectivity index (χ4v) is 3.72. The van der Waals surface area contributed by atoms with Crippen LogP contribution in [0, 0.1) is 0 Å². The number of pyridine rings is 1. The molecule has 11 heteroatoms. The minimum absolute atomic E-state index is 0.142. The molecule has 0 amide bonds. The molecule has 0 fully saturated rings. The number of hydrogen-bond donors (Lipinski definition) is 1. The van der Waals surface area contributed by atoms with E-state index in [-0.39, 0.29) is 26.8 Å². The lowest BCUT2D eigenvalue weighted by Crippen LogP contribution is -2.33. The van der Waals surface area contributed by atoms with Gasteiger partial charge in [0.25, 0.3) is 10.0 Å². The predicted molar refractivity (Wildman–Crippen MR) is 101 cm³/mol. The zero-order valence-corrected chi connectivity index (χ0v) is 16.2. The summed E-state index contributed by atoms with van der Waals surface area (Å²) in [4.78, 5) is 11.8. The lowest BCUT2D eigenvalue weighted by molar-refractivity contribution is -0.137. The van der Waals surface area contributed by atoms with Crippen LogP contribution >= 0.6 is 0 Å². The standard InChI is InChI=1S/C19H15F3N2O5S/c1-23(17-3-2-12-24(26)18(17)25)30(27,28)16-10-8-15(9-11-16)29-14-6-4-13(5-7-14)19(20,21)22/h2-12,26H,1H3. The summed E-state index contributed by atoms with van der Waals surface area (Å²) >= 11 is 0. The van der Waals surface area contributed by atoms with E-state index in [0.29, 0.717) is 0 Å². The van der Waals surface area contributed by atoms with Gasteiger partial charge in [0.1, 0.15) is 17.2 Å². The molecule has 1 N–H and O–H groups in total. The maximum atomic E-state index is 12.7. The number of hydrogen-bond acceptors (Lipinski definition) is 5. The minimum atomic E-state index is -4.46. The molecule has 3 rings (SSSR count). The molecule has 1 aromatic heterocycles. The first-order valence-electron chi connectivity index (χ1n) is 8.35. The second-order valence-corrected chi connectivity index (χ2v) is 8.08. The lowest BCUT2D eigenvalue weighted by atomic mass is 10.2. The summed E-state index contributed by atoms with van der Waals surface area (Å²) < 4.78 is 69.7. The number of rotatable bonds is 5. The predicted octanol–water partition coefficient (Wildman–Crippen LogP) is 3.72. The first kappa shape index (κ1) is 21.2. The topological polar surface area (TPSA) is 88.8 Å². The van der Waals surface area contributed by atoms with Crippen molar-refractivity contribution in [3.63, 3.8) is 0 Å². The third kappa shape index (κ3) is 4.25. The van der Waals surface area contributed by atoms with Crippen LogP contribution in [0.25, 0.3) is 0 Å². The third-order valence-electron chi connectivity index (χ3n) is 4.15. The fraction of sp³-hybridized carbons (Fsp3) is 0.105. The van der Waals surface area contributed by atoms with Crippen molar-refractivity contribution in [2.45, 2.75) is 11.1 Å². The van der Waals surface area contributed by atoms with E-state index >= 15 is 0 Å². The maximum Gasteiger partial charge on any atom is 0.416 e. The van der Waals surface area contributed by atoms with Gasteiger partial charge in [-0.1, -0.05) is 0 Å². The van der Waals surface area contributed by atoms with Crippen molar-refractivity contribution >= 4 is 15.7 Å². The maximum absolute atomic E-state index is 12.7. The molecule has 0 saturated carbocycles. The van der Waals surface area contributed by atoms with Gasteiger partial charge in [-0.15, -0.1) is 0 Å². The number of anilines is 1. The molecule has 0 aliphatic rings. The van der Waals surface area contributed by atoms with Gasteiger partial charge in [-0.05, 0) is 60.7 Å². The molecule has 158 valence electrons. The van der Waals surface area contributed by atoms with Crippen molar-refractivity contribution in [1.82, 2.24) is 4.73 Å². The van der Waals surface area contributed by atoms with E-state index in [4.69, 9.17) is 4.74 Å². The van der Waals surface area contributed by atoms with Crippen LogP contribution in [-0.4, -0.2) is 25.4 Å². The van der Waals surface area contributed by atoms with Crippen molar-refractivity contribution in [3.05, 3.63) is 82.8 Å². The largest absolute Gasteiger partial charge is 0.457 e. The molecule has 0 bridgehead atoms. The Kier molecular flexibility index (Phi) is 5.49. The van der Waals surface area contributed by atoms with Crippen molar-refractivity contribution in [2.24, 2.45) is 0 Å². The summed E-state index contributed by atoms with van der Waals surface area (Å²) in [5.41, 5.74) is -1.99. The zero-order chi connectivity index (χ0) is 22.1. The molecule has 0 atom stereocenters. The van der Waals surface area contributed by atoms with Crippen molar-refractivity contribution in [3.8, 4) is 11.5 Å². The lowest BCUT2D eigenvalue weighted by Gasteiger charge is -2.19. The SMILES string of the molecule is CN(c1cccn(O)c1=O)S(=O)(=O)c1ccc(Oc2ccc(C(F)(F)F)cc2)cc1. The van der Waals surface area contributed by atoms with Gasteiger partial charge >= 0.3 is 11.7 Å². The molecular formula is C19H15F3N2O5S. The molecule has 0 unspecified atom stereocenters. The first-order chi connectivity index (χ1) is 14.0. The normalized spacial score (nSPS) is 11.9. The van der Waals surface area contributed by atoms with E-state index in [1.54, 1.807) is 0 Å². The minimum Gasteiger partial charge on any atom is -0.457 e. The van der Waals surface area contributed by atoms with E-state index in [2.05, 4.69) is 0 Å². The van der Waals surface area contributed by atoms with Crippen LogP contribution in [0.3, 0.4) is 0 Å². The highest BCUT2D eigenvalue weighted by Crippen LogP contribution is 2.31. The highest BCUT2D eigenvalue weighted by molar-refractivity contribution is 7.92. The second kappa shape index (κ2) is 7.75. The molecular weight excluding hydrogens is 425 g/mol. The second-order valence-electron chi connectivity index (χ2n) is 6.11. The number of alkyl halides is 3. The number of halogens is 3. The van der Waals surface area contributed by atoms with E-state index in [9.17, 15) is 31.6 Å². The molecule has 1 heterocycles. The first-order valence-corrected chi connectivity index (χ1v) is 9.79. The molecule has 2 aromatic carbocycles. The quantitative estimate of drug-likeness (QED) is 0.611. The molecule has 0 spiro atoms. The fourth-order valence-electron chi connectivity index (χ4n) is 2.53. The summed E-state index contributed by atoms with van der Waals surface area (Å²) in [7, 11) is -2.95. The van der Waals surface area contributed by atoms with E-state index < -0.39 is 27.3 Å². The molecule has 0 aliphatic carbocycles. The highest BCUT2D eigenvalue weighted by Gasteiger charge is 2.30. The number of nitrogens with zero attached hydrogens (tertiary/aromatic N) is 2. The van der Waals surface area contributed by atoms with Crippen LogP contribution < -0.4 is 14.6 Å². The van der Waals surface area contributed by atoms with Gasteiger partial charge in [-0.3, -0.25) is 9.10 Å². The van der Waals surface area contributed by atoms with Gasteiger partial charge in [-0.25, -0.2) is 8.42 Å². The van der Waals surface area contributed by atoms with Gasteiger partial charge < -0.3 is 9.94 Å². The Labute approximate surface area is 169 Å². The molecule has 7 nitrogen and oxygen atoms in total. The van der Waals surface area contributed by atoms with Gasteiger partial charge in [0.2, 0.25) is 0 Å². The Hall–Kier alpha value is -3.47. The van der Waals surface area contributed by atoms with Crippen molar-refractivity contribution in [2.75, 3.05) is 11.4 Å². The highest BCUT2D eigenvalue weighted by atomic mass is 32.2. The Morgan fingerprint density at radius 3 is 2.03 bits per heavy atom. The molecule has 3 aromatic rings. The van der Waals surface area contributed by atoms with Crippen LogP contribution in [-0.2, 0) is 16.2 Å². The van der Waals surface area contributed by atoms with Crippen LogP contribution in [0.2, 0.25) is 0 Å². The number of sulfonamides is 1. The van der Waals surface area contributed by atoms with Crippen LogP contribution in [0.1, 0.15) is 5.56 Å². The zero-order valence-electron chi connectivity index (χ0n) is 15.4. The molecule has 0 aliphatic heterocycles. The summed E-state index contributed by atoms with van der Waals surface area (Å²) in [6, 6.07) is 11.7. The van der Waals surface area contributed by atoms with Crippen LogP contribution in [0.5, 0.6) is 11.5 Å². The van der Waals surface area contributed by atoms with Gasteiger partial charge in [0.15, 0.2) is 0 Å². The van der Waals surface area contributed by atoms with Crippen molar-refractivity contribution in [1.29, 1.82) is 0 Å². The van der Waals surface area contributed by atoms with E-state index in [0.717, 1.165) is 34.8 Å². The average Bonchev–Trinajstić information content (AvgIpc) is 2.70. The summed E-state index contributed by atoms with van der Waals surface area (Å²) in [5.74, 6) is 0.345. The van der Waals surface area contributed by atoms with Gasteiger partial charge in [0, 0.05) is 13.2 Å². The average molecular weight is 440 g/mol. The van der Waals surface area contributed by atoms with E-state index in [1.165, 1.54) is 43.4 Å². The molecule has 0 radical (unpaired) electrons. The summed E-state index contributed by atoms with van der Waals surface area (Å²) in [6.07, 6.45) is -3.39. The van der Waals surface area contributed by atoms with Crippen molar-refractivity contribution < 1.29 is 31.5 Å². The summed E-state index contributed by atoms with van der Waals surface area (Å²) in [6.45, 7) is 0. The Balaban J connectivity index is 1.81. The third-order valence-corrected chi connectivity index (χ3v) is 5.93. The monoisotopic (exact) mass is 440 g/mol. The molecule has 0 saturated heterocycles. The number of aromatic nitrogens is 1. The Morgan fingerprint density at radius 1 is 0.967 bits per heavy atom. The van der Waals surface area contributed by atoms with E-state index in [1.807, 2.05) is 0 Å². The van der Waals surface area contributed by atoms with Crippen LogP contribution in [0.15, 0.2) is 76.6 Å². The number of ether oxygens (including phenoxy) is 1. The summed E-state index contributed by atoms with van der Waals surface area (Å²) in [5, 5.41) is 9.43.